The molecule has 0 aliphatic heterocycles. The van der Waals surface area contributed by atoms with Crippen LogP contribution < -0.4 is 10.1 Å². The van der Waals surface area contributed by atoms with Crippen LogP contribution in [0.5, 0.6) is 11.5 Å². The first-order valence-electron chi connectivity index (χ1n) is 8.27. The molecule has 0 saturated carbocycles. The van der Waals surface area contributed by atoms with Gasteiger partial charge in [-0.1, -0.05) is 47.5 Å². The van der Waals surface area contributed by atoms with E-state index in [-0.39, 0.29) is 5.02 Å². The number of benzene rings is 3. The van der Waals surface area contributed by atoms with Crippen LogP contribution in [0.15, 0.2) is 72.8 Å². The fraction of sp³-hybridized carbons (Fsp3) is 0.0476. The first kappa shape index (κ1) is 19.7. The van der Waals surface area contributed by atoms with Crippen LogP contribution in [0.3, 0.4) is 0 Å². The number of carbonyl (C=O) groups is 2. The third-order valence-corrected chi connectivity index (χ3v) is 4.45. The van der Waals surface area contributed by atoms with Gasteiger partial charge in [-0.3, -0.25) is 4.79 Å². The normalized spacial score (nSPS) is 10.2. The summed E-state index contributed by atoms with van der Waals surface area (Å²) >= 11 is 11.9. The summed E-state index contributed by atoms with van der Waals surface area (Å²) in [7, 11) is 0. The molecule has 0 heterocycles. The third-order valence-electron chi connectivity index (χ3n) is 3.63. The molecule has 0 aliphatic rings. The van der Waals surface area contributed by atoms with Crippen molar-refractivity contribution in [1.82, 2.24) is 0 Å². The Morgan fingerprint density at radius 3 is 2.21 bits per heavy atom. The highest BCUT2D eigenvalue weighted by molar-refractivity contribution is 6.44. The Balaban J connectivity index is 1.53. The minimum atomic E-state index is -0.626. The van der Waals surface area contributed by atoms with Crippen molar-refractivity contribution in [2.75, 3.05) is 11.9 Å². The molecule has 0 fully saturated rings. The van der Waals surface area contributed by atoms with Crippen LogP contribution in [0, 0.1) is 0 Å². The number of anilines is 1. The zero-order valence-electron chi connectivity index (χ0n) is 14.5. The van der Waals surface area contributed by atoms with E-state index in [4.69, 9.17) is 32.7 Å². The lowest BCUT2D eigenvalue weighted by Crippen LogP contribution is -2.21. The van der Waals surface area contributed by atoms with Crippen molar-refractivity contribution in [3.63, 3.8) is 0 Å². The molecule has 0 aromatic heterocycles. The van der Waals surface area contributed by atoms with Crippen molar-refractivity contribution in [2.45, 2.75) is 0 Å². The van der Waals surface area contributed by atoms with E-state index in [0.717, 1.165) is 0 Å². The van der Waals surface area contributed by atoms with Crippen LogP contribution in [0.1, 0.15) is 10.4 Å². The first-order chi connectivity index (χ1) is 13.5. The van der Waals surface area contributed by atoms with Crippen LogP contribution in [-0.4, -0.2) is 18.5 Å². The van der Waals surface area contributed by atoms with Gasteiger partial charge in [-0.25, -0.2) is 4.79 Å². The second-order valence-corrected chi connectivity index (χ2v) is 6.45. The molecule has 1 N–H and O–H groups in total. The predicted molar refractivity (Wildman–Crippen MR) is 108 cm³/mol. The number of amides is 1. The molecule has 7 heteroatoms. The van der Waals surface area contributed by atoms with Gasteiger partial charge in [0.2, 0.25) is 0 Å². The minimum Gasteiger partial charge on any atom is -0.457 e. The summed E-state index contributed by atoms with van der Waals surface area (Å²) in [5.41, 5.74) is 0.645. The third kappa shape index (κ3) is 5.25. The van der Waals surface area contributed by atoms with E-state index in [1.807, 2.05) is 30.3 Å². The van der Waals surface area contributed by atoms with Crippen molar-refractivity contribution in [3.05, 3.63) is 88.4 Å². The summed E-state index contributed by atoms with van der Waals surface area (Å²) in [6.07, 6.45) is 0. The van der Waals surface area contributed by atoms with Gasteiger partial charge in [0.15, 0.2) is 6.61 Å². The molecule has 0 radical (unpaired) electrons. The van der Waals surface area contributed by atoms with Crippen molar-refractivity contribution in [3.8, 4) is 11.5 Å². The molecule has 0 atom stereocenters. The zero-order valence-corrected chi connectivity index (χ0v) is 16.0. The summed E-state index contributed by atoms with van der Waals surface area (Å²) in [5, 5.41) is 3.08. The fourth-order valence-electron chi connectivity index (χ4n) is 2.28. The average molecular weight is 416 g/mol. The van der Waals surface area contributed by atoms with Crippen molar-refractivity contribution >= 4 is 40.8 Å². The average Bonchev–Trinajstić information content (AvgIpc) is 2.71. The van der Waals surface area contributed by atoms with Gasteiger partial charge < -0.3 is 14.8 Å². The molecule has 0 unspecified atom stereocenters. The summed E-state index contributed by atoms with van der Waals surface area (Å²) in [6, 6.07) is 20.5. The number of halogens is 2. The van der Waals surface area contributed by atoms with Crippen LogP contribution in [0.25, 0.3) is 0 Å². The van der Waals surface area contributed by atoms with Gasteiger partial charge in [-0.15, -0.1) is 0 Å². The molecular weight excluding hydrogens is 401 g/mol. The number of rotatable bonds is 6. The predicted octanol–water partition coefficient (Wildman–Crippen LogP) is 5.58. The van der Waals surface area contributed by atoms with E-state index in [9.17, 15) is 9.59 Å². The Hall–Kier alpha value is -3.02. The lowest BCUT2D eigenvalue weighted by Gasteiger charge is -2.09. The number of carbonyl (C=O) groups excluding carboxylic acids is 2. The molecule has 0 aliphatic carbocycles. The largest absolute Gasteiger partial charge is 0.457 e. The maximum absolute atomic E-state index is 12.1. The van der Waals surface area contributed by atoms with Gasteiger partial charge in [0.05, 0.1) is 21.3 Å². The summed E-state index contributed by atoms with van der Waals surface area (Å²) in [6.45, 7) is -0.454. The Morgan fingerprint density at radius 1 is 0.821 bits per heavy atom. The molecule has 0 bridgehead atoms. The molecule has 0 saturated heterocycles. The number of ether oxygens (including phenoxy) is 2. The Kier molecular flexibility index (Phi) is 6.53. The second-order valence-electron chi connectivity index (χ2n) is 5.67. The highest BCUT2D eigenvalue weighted by atomic mass is 35.5. The fourth-order valence-corrected chi connectivity index (χ4v) is 2.63. The minimum absolute atomic E-state index is 0.220. The van der Waals surface area contributed by atoms with Gasteiger partial charge in [-0.05, 0) is 48.5 Å². The van der Waals surface area contributed by atoms with Crippen LogP contribution in [0.2, 0.25) is 10.0 Å². The van der Waals surface area contributed by atoms with Gasteiger partial charge in [-0.2, -0.15) is 0 Å². The molecular formula is C21H15Cl2NO4. The molecule has 142 valence electrons. The molecule has 28 heavy (non-hydrogen) atoms. The molecule has 3 rings (SSSR count). The molecule has 3 aromatic carbocycles. The Labute approximate surface area is 171 Å². The second kappa shape index (κ2) is 9.26. The number of esters is 1. The maximum atomic E-state index is 12.1. The zero-order chi connectivity index (χ0) is 19.9. The van der Waals surface area contributed by atoms with Gasteiger partial charge in [0.25, 0.3) is 5.91 Å². The smallest absolute Gasteiger partial charge is 0.338 e. The van der Waals surface area contributed by atoms with Gasteiger partial charge in [0, 0.05) is 0 Å². The number of hydrogen-bond donors (Lipinski definition) is 1. The van der Waals surface area contributed by atoms with E-state index >= 15 is 0 Å². The molecule has 0 spiro atoms. The topological polar surface area (TPSA) is 64.6 Å². The van der Waals surface area contributed by atoms with Crippen LogP contribution in [-0.2, 0) is 9.53 Å². The highest BCUT2D eigenvalue weighted by Gasteiger charge is 2.12. The van der Waals surface area contributed by atoms with Crippen molar-refractivity contribution in [1.29, 1.82) is 0 Å². The monoisotopic (exact) mass is 415 g/mol. The lowest BCUT2D eigenvalue weighted by atomic mass is 10.2. The van der Waals surface area contributed by atoms with Crippen molar-refractivity contribution in [2.24, 2.45) is 0 Å². The van der Waals surface area contributed by atoms with Crippen LogP contribution >= 0.6 is 23.2 Å². The molecule has 5 nitrogen and oxygen atoms in total. The Morgan fingerprint density at radius 2 is 1.50 bits per heavy atom. The molecule has 1 amide bonds. The van der Waals surface area contributed by atoms with E-state index in [2.05, 4.69) is 5.32 Å². The number of para-hydroxylation sites is 1. The standard InChI is InChI=1S/C21H15Cl2NO4/c22-17-7-4-8-18(20(17)23)24-19(25)13-27-21(26)14-9-11-16(12-10-14)28-15-5-2-1-3-6-15/h1-12H,13H2,(H,24,25). The van der Waals surface area contributed by atoms with E-state index < -0.39 is 18.5 Å². The summed E-state index contributed by atoms with van der Waals surface area (Å²) in [5.74, 6) is 0.116. The quantitative estimate of drug-likeness (QED) is 0.533. The number of nitrogens with one attached hydrogen (secondary N) is 1. The Bertz CT molecular complexity index is 975. The highest BCUT2D eigenvalue weighted by Crippen LogP contribution is 2.29. The summed E-state index contributed by atoms with van der Waals surface area (Å²) in [4.78, 5) is 24.1. The SMILES string of the molecule is O=C(COC(=O)c1ccc(Oc2ccccc2)cc1)Nc1cccc(Cl)c1Cl. The van der Waals surface area contributed by atoms with E-state index in [0.29, 0.717) is 27.8 Å². The van der Waals surface area contributed by atoms with E-state index in [1.54, 1.807) is 42.5 Å². The summed E-state index contributed by atoms with van der Waals surface area (Å²) < 4.78 is 10.7. The lowest BCUT2D eigenvalue weighted by molar-refractivity contribution is -0.119. The maximum Gasteiger partial charge on any atom is 0.338 e. The molecule has 3 aromatic rings. The van der Waals surface area contributed by atoms with Crippen molar-refractivity contribution < 1.29 is 19.1 Å². The number of hydrogen-bond acceptors (Lipinski definition) is 4. The van der Waals surface area contributed by atoms with Crippen LogP contribution in [0.4, 0.5) is 5.69 Å². The van der Waals surface area contributed by atoms with E-state index in [1.165, 1.54) is 0 Å². The van der Waals surface area contributed by atoms with Gasteiger partial charge in [0.1, 0.15) is 11.5 Å². The van der Waals surface area contributed by atoms with Gasteiger partial charge >= 0.3 is 5.97 Å². The first-order valence-corrected chi connectivity index (χ1v) is 9.02.